The average molecular weight is 625 g/mol. The topological polar surface area (TPSA) is 52.0 Å². The lowest BCUT2D eigenvalue weighted by atomic mass is 9.67. The minimum atomic E-state index is -1.61. The monoisotopic (exact) mass is 624 g/mol. The molecule has 4 heteroatoms. The van der Waals surface area contributed by atoms with Crippen molar-refractivity contribution in [2.45, 2.75) is 83.2 Å². The summed E-state index contributed by atoms with van der Waals surface area (Å²) in [6.07, 6.45) is 0. The zero-order valence-electron chi connectivity index (χ0n) is 28.0. The lowest BCUT2D eigenvalue weighted by molar-refractivity contribution is 0.768. The molecule has 0 bridgehead atoms. The molecular formula is C41H48N2Si2. The quantitative estimate of drug-likeness (QED) is 0.103. The predicted octanol–water partition coefficient (Wildman–Crippen LogP) is 10.0. The molecule has 0 amide bonds. The van der Waals surface area contributed by atoms with Gasteiger partial charge in [-0.2, -0.15) is 0 Å². The molecule has 4 aromatic rings. The highest BCUT2D eigenvalue weighted by atomic mass is 28.3. The molecule has 230 valence electrons. The van der Waals surface area contributed by atoms with Gasteiger partial charge in [0, 0.05) is 22.5 Å². The molecular weight excluding hydrogens is 577 g/mol. The Bertz CT molecular complexity index is 1640. The molecule has 0 heterocycles. The van der Waals surface area contributed by atoms with Crippen molar-refractivity contribution in [3.05, 3.63) is 118 Å². The van der Waals surface area contributed by atoms with Crippen LogP contribution in [0.2, 0.25) is 36.3 Å². The first-order chi connectivity index (χ1) is 21.7. The molecule has 0 atom stereocenters. The van der Waals surface area contributed by atoms with E-state index in [2.05, 4.69) is 125 Å². The normalized spacial score (nSPS) is 13.2. The van der Waals surface area contributed by atoms with Gasteiger partial charge in [0.05, 0.1) is 5.41 Å². The fraction of sp³-hybridized carbons (Fsp3) is 0.317. The fourth-order valence-corrected chi connectivity index (χ4v) is 12.1. The summed E-state index contributed by atoms with van der Waals surface area (Å²) < 4.78 is 0. The SMILES string of the molecule is CC[Si](C#Cc1ccc2c(c1)C(c1ccc(N)cc1)(c1ccc(N)cc1)c1cc(C#C[Si](CC)(CC)CC)ccc1-2)(CC)CC. The number of hydrogen-bond acceptors (Lipinski definition) is 2. The second-order valence-electron chi connectivity index (χ2n) is 12.7. The summed E-state index contributed by atoms with van der Waals surface area (Å²) in [4.78, 5) is 0. The van der Waals surface area contributed by atoms with E-state index in [1.54, 1.807) is 0 Å². The van der Waals surface area contributed by atoms with Crippen LogP contribution in [0, 0.1) is 22.9 Å². The van der Waals surface area contributed by atoms with Crippen LogP contribution in [0.4, 0.5) is 11.4 Å². The zero-order valence-corrected chi connectivity index (χ0v) is 30.0. The first kappa shape index (κ1) is 32.4. The number of nitrogens with two attached hydrogens (primary N) is 2. The Labute approximate surface area is 273 Å². The summed E-state index contributed by atoms with van der Waals surface area (Å²) >= 11 is 0. The molecule has 0 fully saturated rings. The van der Waals surface area contributed by atoms with E-state index in [1.807, 2.05) is 24.3 Å². The molecule has 0 aliphatic heterocycles. The number of rotatable bonds is 8. The number of fused-ring (bicyclic) bond motifs is 3. The number of nitrogen functional groups attached to an aromatic ring is 2. The molecule has 45 heavy (non-hydrogen) atoms. The molecule has 1 aliphatic rings. The molecule has 5 rings (SSSR count). The minimum absolute atomic E-state index is 0.564. The van der Waals surface area contributed by atoms with E-state index in [0.717, 1.165) is 22.5 Å². The average Bonchev–Trinajstić information content (AvgIpc) is 3.37. The summed E-state index contributed by atoms with van der Waals surface area (Å²) in [5.74, 6) is 7.35. The number of anilines is 2. The van der Waals surface area contributed by atoms with Gasteiger partial charge in [-0.1, -0.05) is 89.8 Å². The summed E-state index contributed by atoms with van der Waals surface area (Å²) in [6, 6.07) is 37.7. The number of hydrogen-bond donors (Lipinski definition) is 2. The first-order valence-corrected chi connectivity index (χ1v) is 22.1. The third kappa shape index (κ3) is 5.79. The second kappa shape index (κ2) is 13.2. The van der Waals surface area contributed by atoms with Crippen molar-refractivity contribution >= 4 is 27.5 Å². The van der Waals surface area contributed by atoms with Crippen LogP contribution < -0.4 is 11.5 Å². The van der Waals surface area contributed by atoms with E-state index in [-0.39, 0.29) is 0 Å². The summed E-state index contributed by atoms with van der Waals surface area (Å²) in [5.41, 5.74) is 30.6. The third-order valence-electron chi connectivity index (χ3n) is 10.8. The van der Waals surface area contributed by atoms with Crippen LogP contribution in [0.1, 0.15) is 74.9 Å². The Hall–Kier alpha value is -3.97. The van der Waals surface area contributed by atoms with Gasteiger partial charge in [0.25, 0.3) is 0 Å². The molecule has 0 unspecified atom stereocenters. The Morgan fingerprint density at radius 3 is 1.13 bits per heavy atom. The van der Waals surface area contributed by atoms with Gasteiger partial charge < -0.3 is 11.5 Å². The second-order valence-corrected chi connectivity index (χ2v) is 22.6. The van der Waals surface area contributed by atoms with E-state index in [9.17, 15) is 0 Å². The highest BCUT2D eigenvalue weighted by Crippen LogP contribution is 2.56. The lowest BCUT2D eigenvalue weighted by Gasteiger charge is -2.34. The van der Waals surface area contributed by atoms with Gasteiger partial charge in [-0.05, 0) is 118 Å². The van der Waals surface area contributed by atoms with Crippen LogP contribution in [0.3, 0.4) is 0 Å². The van der Waals surface area contributed by atoms with Crippen molar-refractivity contribution < 1.29 is 0 Å². The van der Waals surface area contributed by atoms with Gasteiger partial charge in [0.1, 0.15) is 16.1 Å². The van der Waals surface area contributed by atoms with E-state index in [0.29, 0.717) is 0 Å². The van der Waals surface area contributed by atoms with Crippen LogP contribution >= 0.6 is 0 Å². The molecule has 1 aliphatic carbocycles. The summed E-state index contributed by atoms with van der Waals surface area (Å²) in [5, 5.41) is 0. The predicted molar refractivity (Wildman–Crippen MR) is 201 cm³/mol. The Kier molecular flexibility index (Phi) is 9.50. The van der Waals surface area contributed by atoms with Gasteiger partial charge in [-0.15, -0.1) is 11.1 Å². The van der Waals surface area contributed by atoms with E-state index in [1.165, 1.54) is 69.6 Å². The maximum atomic E-state index is 6.26. The lowest BCUT2D eigenvalue weighted by Crippen LogP contribution is -2.29. The van der Waals surface area contributed by atoms with Crippen molar-refractivity contribution in [3.63, 3.8) is 0 Å². The smallest absolute Gasteiger partial charge is 0.138 e. The van der Waals surface area contributed by atoms with Gasteiger partial charge in [-0.3, -0.25) is 0 Å². The Balaban J connectivity index is 1.83. The standard InChI is InChI=1S/C41H48N2Si2/c1-7-44(8-2,9-3)27-25-31-13-23-37-38-24-14-32(26-28-45(10-4,11-5)12-6)30-40(38)41(39(37)29-31,33-15-19-35(42)20-16-33)34-17-21-36(43)22-18-34/h13-24,29-30H,7-12,42-43H2,1-6H3. The van der Waals surface area contributed by atoms with E-state index >= 15 is 0 Å². The van der Waals surface area contributed by atoms with Gasteiger partial charge in [0.15, 0.2) is 0 Å². The van der Waals surface area contributed by atoms with Gasteiger partial charge in [-0.25, -0.2) is 0 Å². The van der Waals surface area contributed by atoms with Gasteiger partial charge in [0.2, 0.25) is 0 Å². The van der Waals surface area contributed by atoms with E-state index in [4.69, 9.17) is 11.5 Å². The highest BCUT2D eigenvalue weighted by molar-refractivity contribution is 6.87. The Morgan fingerprint density at radius 2 is 0.822 bits per heavy atom. The summed E-state index contributed by atoms with van der Waals surface area (Å²) in [6.45, 7) is 13.9. The molecule has 4 aromatic carbocycles. The largest absolute Gasteiger partial charge is 0.399 e. The van der Waals surface area contributed by atoms with Crippen molar-refractivity contribution in [2.75, 3.05) is 11.5 Å². The molecule has 4 N–H and O–H groups in total. The van der Waals surface area contributed by atoms with Crippen molar-refractivity contribution in [2.24, 2.45) is 0 Å². The molecule has 0 aromatic heterocycles. The van der Waals surface area contributed by atoms with Crippen LogP contribution in [-0.4, -0.2) is 16.1 Å². The maximum absolute atomic E-state index is 6.26. The zero-order chi connectivity index (χ0) is 32.2. The Morgan fingerprint density at radius 1 is 0.489 bits per heavy atom. The maximum Gasteiger partial charge on any atom is 0.138 e. The van der Waals surface area contributed by atoms with E-state index < -0.39 is 21.6 Å². The molecule has 2 nitrogen and oxygen atoms in total. The van der Waals surface area contributed by atoms with Crippen molar-refractivity contribution in [3.8, 4) is 34.1 Å². The minimum Gasteiger partial charge on any atom is -0.399 e. The van der Waals surface area contributed by atoms with Crippen LogP contribution in [-0.2, 0) is 5.41 Å². The summed E-state index contributed by atoms with van der Waals surface area (Å²) in [7, 11) is -3.22. The molecule has 0 radical (unpaired) electrons. The fourth-order valence-electron chi connectivity index (χ4n) is 7.17. The van der Waals surface area contributed by atoms with Crippen LogP contribution in [0.25, 0.3) is 11.1 Å². The molecule has 0 saturated carbocycles. The van der Waals surface area contributed by atoms with Crippen molar-refractivity contribution in [1.29, 1.82) is 0 Å². The van der Waals surface area contributed by atoms with Crippen LogP contribution in [0.5, 0.6) is 0 Å². The molecule has 0 saturated heterocycles. The highest BCUT2D eigenvalue weighted by Gasteiger charge is 2.46. The third-order valence-corrected chi connectivity index (χ3v) is 20.3. The molecule has 0 spiro atoms. The van der Waals surface area contributed by atoms with Crippen molar-refractivity contribution in [1.82, 2.24) is 0 Å². The van der Waals surface area contributed by atoms with Crippen LogP contribution in [0.15, 0.2) is 84.9 Å². The van der Waals surface area contributed by atoms with Gasteiger partial charge >= 0.3 is 0 Å². The first-order valence-electron chi connectivity index (χ1n) is 16.8. The number of benzene rings is 4.